The molecule has 1 saturated heterocycles. The molecule has 0 aromatic heterocycles. The van der Waals surface area contributed by atoms with Crippen molar-refractivity contribution in [3.63, 3.8) is 0 Å². The summed E-state index contributed by atoms with van der Waals surface area (Å²) in [6, 6.07) is 2.91. The summed E-state index contributed by atoms with van der Waals surface area (Å²) in [6.45, 7) is 6.92. The van der Waals surface area contributed by atoms with Crippen LogP contribution in [0.1, 0.15) is 104 Å². The number of fused-ring (bicyclic) bond motifs is 7. The molecular formula is C46H57F3N3O13P. The SMILES string of the molecule is CC(C)(C)OC(=O)CC[C@H](NC(=O)CN)C(=O)NC1CC2(C1)CC(Oc1ccc([C@@H]3O[C@@H]4C[C@H]5[C@@H]6C[C@H](F)C7=CC(=O)C=C[C@]7(C)[C@@]6(F)[C@@H](O)C[C@]5(C)[C@]4(C(=O)CO[P+](=O)[O-])O3)c(F)c1)C2. The summed E-state index contributed by atoms with van der Waals surface area (Å²) >= 11 is 0. The number of aliphatic hydroxyl groups is 1. The Hall–Kier alpha value is -4.10. The molecule has 7 aliphatic rings. The summed E-state index contributed by atoms with van der Waals surface area (Å²) in [5, 5.41) is 17.4. The van der Waals surface area contributed by atoms with Crippen molar-refractivity contribution in [3.05, 3.63) is 53.4 Å². The van der Waals surface area contributed by atoms with Gasteiger partial charge in [-0.25, -0.2) is 13.2 Å². The van der Waals surface area contributed by atoms with Crippen molar-refractivity contribution in [3.8, 4) is 5.75 Å². The van der Waals surface area contributed by atoms with Crippen LogP contribution in [-0.4, -0.2) is 101 Å². The molecule has 1 heterocycles. The van der Waals surface area contributed by atoms with Crippen molar-refractivity contribution in [2.24, 2.45) is 33.8 Å². The van der Waals surface area contributed by atoms with E-state index in [1.165, 1.54) is 25.1 Å². The number of rotatable bonds is 14. The van der Waals surface area contributed by atoms with E-state index >= 15 is 13.2 Å². The van der Waals surface area contributed by atoms with Gasteiger partial charge in [-0.1, -0.05) is 13.0 Å². The van der Waals surface area contributed by atoms with E-state index in [1.807, 2.05) is 0 Å². The van der Waals surface area contributed by atoms with Crippen LogP contribution >= 0.6 is 8.25 Å². The molecule has 8 rings (SSSR count). The molecule has 2 amide bonds. The summed E-state index contributed by atoms with van der Waals surface area (Å²) in [6.07, 6.45) is -1.38. The van der Waals surface area contributed by atoms with Gasteiger partial charge in [0.25, 0.3) is 0 Å². The number of ether oxygens (including phenoxy) is 4. The minimum atomic E-state index is -3.49. The molecule has 1 aromatic carbocycles. The van der Waals surface area contributed by atoms with E-state index in [2.05, 4.69) is 10.6 Å². The predicted octanol–water partition coefficient (Wildman–Crippen LogP) is 3.88. The minimum Gasteiger partial charge on any atom is -0.566 e. The number of halogens is 3. The lowest BCUT2D eigenvalue weighted by atomic mass is 9.44. The molecule has 5 saturated carbocycles. The van der Waals surface area contributed by atoms with Gasteiger partial charge in [-0.2, -0.15) is 0 Å². The fourth-order valence-corrected chi connectivity index (χ4v) is 12.9. The van der Waals surface area contributed by atoms with Gasteiger partial charge >= 0.3 is 14.2 Å². The Morgan fingerprint density at radius 2 is 1.80 bits per heavy atom. The molecule has 20 heteroatoms. The molecule has 0 bridgehead atoms. The number of benzene rings is 1. The highest BCUT2D eigenvalue weighted by Gasteiger charge is 2.80. The Balaban J connectivity index is 0.914. The number of aliphatic hydroxyl groups excluding tert-OH is 1. The third kappa shape index (κ3) is 8.13. The number of hydrogen-bond acceptors (Lipinski definition) is 14. The average Bonchev–Trinajstić information content (AvgIpc) is 3.70. The minimum absolute atomic E-state index is 0.0324. The zero-order valence-corrected chi connectivity index (χ0v) is 38.3. The molecule has 16 nitrogen and oxygen atoms in total. The maximum Gasteiger partial charge on any atom is 0.488 e. The molecule has 1 unspecified atom stereocenters. The van der Waals surface area contributed by atoms with Crippen LogP contribution in [0.4, 0.5) is 13.2 Å². The molecule has 1 spiro atoms. The number of carbonyl (C=O) groups excluding carboxylic acids is 5. The molecule has 12 atom stereocenters. The first kappa shape index (κ1) is 48.4. The Morgan fingerprint density at radius 1 is 1.09 bits per heavy atom. The maximum absolute atomic E-state index is 17.8. The highest BCUT2D eigenvalue weighted by molar-refractivity contribution is 7.30. The van der Waals surface area contributed by atoms with Gasteiger partial charge in [0, 0.05) is 40.8 Å². The van der Waals surface area contributed by atoms with Crippen molar-refractivity contribution in [2.75, 3.05) is 13.2 Å². The number of allylic oxidation sites excluding steroid dienone is 4. The van der Waals surface area contributed by atoms with Crippen molar-refractivity contribution in [1.29, 1.82) is 0 Å². The Morgan fingerprint density at radius 3 is 2.45 bits per heavy atom. The Kier molecular flexibility index (Phi) is 12.6. The van der Waals surface area contributed by atoms with E-state index < -0.39 is 133 Å². The van der Waals surface area contributed by atoms with Gasteiger partial charge in [0.15, 0.2) is 35.7 Å². The first-order valence-corrected chi connectivity index (χ1v) is 23.5. The van der Waals surface area contributed by atoms with Crippen LogP contribution in [0.15, 0.2) is 42.0 Å². The summed E-state index contributed by atoms with van der Waals surface area (Å²) in [5.74, 6) is -5.49. The number of ketones is 2. The Bertz CT molecular complexity index is 2260. The van der Waals surface area contributed by atoms with E-state index in [1.54, 1.807) is 27.7 Å². The van der Waals surface area contributed by atoms with Gasteiger partial charge in [-0.15, -0.1) is 4.52 Å². The molecule has 1 aliphatic heterocycles. The van der Waals surface area contributed by atoms with E-state index in [4.69, 9.17) is 29.2 Å². The number of alkyl halides is 2. The monoisotopic (exact) mass is 947 g/mol. The zero-order chi connectivity index (χ0) is 47.9. The predicted molar refractivity (Wildman–Crippen MR) is 224 cm³/mol. The van der Waals surface area contributed by atoms with Crippen LogP contribution in [0.25, 0.3) is 0 Å². The second-order valence-electron chi connectivity index (χ2n) is 20.7. The van der Waals surface area contributed by atoms with Gasteiger partial charge in [0.2, 0.25) is 11.8 Å². The smallest absolute Gasteiger partial charge is 0.488 e. The fraction of sp³-hybridized carbons (Fsp3) is 0.674. The number of nitrogens with one attached hydrogen (secondary N) is 2. The van der Waals surface area contributed by atoms with Crippen LogP contribution in [0.5, 0.6) is 5.75 Å². The topological polar surface area (TPSA) is 242 Å². The Labute approximate surface area is 380 Å². The summed E-state index contributed by atoms with van der Waals surface area (Å²) in [5.41, 5.74) is -3.26. The highest BCUT2D eigenvalue weighted by Crippen LogP contribution is 2.73. The first-order valence-electron chi connectivity index (χ1n) is 22.4. The lowest BCUT2D eigenvalue weighted by Gasteiger charge is -2.63. The first-order chi connectivity index (χ1) is 30.9. The highest BCUT2D eigenvalue weighted by atomic mass is 31.1. The number of hydrogen-bond donors (Lipinski definition) is 4. The molecule has 1 aromatic rings. The second-order valence-corrected chi connectivity index (χ2v) is 21.4. The second kappa shape index (κ2) is 17.1. The quantitative estimate of drug-likeness (QED) is 0.153. The van der Waals surface area contributed by atoms with E-state index in [0.717, 1.165) is 18.2 Å². The summed E-state index contributed by atoms with van der Waals surface area (Å²) in [7, 11) is -3.49. The van der Waals surface area contributed by atoms with Gasteiger partial charge in [0.05, 0.1) is 24.9 Å². The number of amides is 2. The molecular weight excluding hydrogens is 890 g/mol. The lowest BCUT2D eigenvalue weighted by Crippen LogP contribution is -2.70. The van der Waals surface area contributed by atoms with Crippen LogP contribution in [-0.2, 0) is 47.3 Å². The molecule has 6 fully saturated rings. The van der Waals surface area contributed by atoms with Crippen molar-refractivity contribution < 1.29 is 75.2 Å². The number of carbonyl (C=O) groups is 5. The number of esters is 1. The van der Waals surface area contributed by atoms with Crippen molar-refractivity contribution in [1.82, 2.24) is 10.6 Å². The normalized spacial score (nSPS) is 39.2. The van der Waals surface area contributed by atoms with Gasteiger partial charge < -0.3 is 45.3 Å². The van der Waals surface area contributed by atoms with Crippen molar-refractivity contribution >= 4 is 37.6 Å². The summed E-state index contributed by atoms with van der Waals surface area (Å²) in [4.78, 5) is 75.6. The van der Waals surface area contributed by atoms with Crippen LogP contribution in [0, 0.1) is 33.9 Å². The average molecular weight is 948 g/mol. The maximum atomic E-state index is 17.8. The van der Waals surface area contributed by atoms with E-state index in [0.29, 0.717) is 25.7 Å². The van der Waals surface area contributed by atoms with Gasteiger partial charge in [-0.3, -0.25) is 24.0 Å². The zero-order valence-electron chi connectivity index (χ0n) is 37.4. The third-order valence-corrected chi connectivity index (χ3v) is 15.9. The third-order valence-electron chi connectivity index (χ3n) is 15.5. The van der Waals surface area contributed by atoms with Gasteiger partial charge in [0.1, 0.15) is 29.4 Å². The lowest BCUT2D eigenvalue weighted by molar-refractivity contribution is -0.235. The molecule has 360 valence electrons. The molecule has 66 heavy (non-hydrogen) atoms. The van der Waals surface area contributed by atoms with Crippen LogP contribution < -0.4 is 26.0 Å². The molecule has 0 radical (unpaired) electrons. The van der Waals surface area contributed by atoms with Crippen LogP contribution in [0.2, 0.25) is 0 Å². The standard InChI is InChI=1S/C46H57F3N3O13P/c1-41(2,3)64-38(57)9-8-33(52-37(56)21-50)39(58)51-23-16-44(17-23)18-26(19-44)62-25-6-7-27(31(47)13-25)40-63-36-15-28-29-14-32(48)30-12-24(53)10-11-42(30,4)45(29,49)34(54)20-43(28,5)46(36,65-40)35(55)22-61-66(59)60/h6-7,10-13,23,26,28-29,32-34,36,40,54H,8-9,14-22,50H2,1-5H3,(H,51,58)(H,52,56)/t23?,26?,28-,29-,32-,33-,34-,36+,40+,42-,43-,44?,45-,46+/m0/s1. The number of Topliss-reactive ketones (excluding diaryl/α,β-unsaturated/α-hetero) is 1. The van der Waals surface area contributed by atoms with Crippen LogP contribution in [0.3, 0.4) is 0 Å². The number of nitrogens with two attached hydrogens (primary N) is 1. The molecule has 5 N–H and O–H groups in total. The fourth-order valence-electron chi connectivity index (χ4n) is 12.7. The van der Waals surface area contributed by atoms with Crippen molar-refractivity contribution in [2.45, 2.75) is 152 Å². The largest absolute Gasteiger partial charge is 0.566 e. The molecule has 6 aliphatic carbocycles. The van der Waals surface area contributed by atoms with Gasteiger partial charge in [-0.05, 0) is 125 Å². The summed E-state index contributed by atoms with van der Waals surface area (Å²) < 4.78 is 90.4. The van der Waals surface area contributed by atoms with E-state index in [9.17, 15) is 38.5 Å². The van der Waals surface area contributed by atoms with E-state index in [-0.39, 0.29) is 60.3 Å².